The Bertz CT molecular complexity index is 563. The van der Waals surface area contributed by atoms with Crippen LogP contribution in [0.4, 0.5) is 0 Å². The average Bonchev–Trinajstić information content (AvgIpc) is 2.97. The molecule has 0 spiro atoms. The molecule has 0 aliphatic carbocycles. The third-order valence-corrected chi connectivity index (χ3v) is 8.82. The van der Waals surface area contributed by atoms with Crippen LogP contribution in [-0.2, 0) is 18.9 Å². The summed E-state index contributed by atoms with van der Waals surface area (Å²) in [6.45, 7) is 13.0. The second-order valence-electron chi connectivity index (χ2n) is 16.1. The largest absolute Gasteiger partial charge is 1.00 e. The Balaban J connectivity index is -0.00000968. The van der Waals surface area contributed by atoms with E-state index in [1.165, 1.54) is 116 Å². The minimum absolute atomic E-state index is 0. The van der Waals surface area contributed by atoms with Crippen molar-refractivity contribution in [2.75, 3.05) is 108 Å². The van der Waals surface area contributed by atoms with Gasteiger partial charge in [-0.05, 0) is 25.7 Å². The number of ether oxygens (including phenoxy) is 4. The van der Waals surface area contributed by atoms with Gasteiger partial charge in [0.2, 0.25) is 0 Å². The van der Waals surface area contributed by atoms with Crippen LogP contribution in [0.15, 0.2) is 0 Å². The quantitative estimate of drug-likeness (QED) is 0.0551. The maximum absolute atomic E-state index is 6.44. The van der Waals surface area contributed by atoms with Gasteiger partial charge < -0.3 is 75.9 Å². The summed E-state index contributed by atoms with van der Waals surface area (Å²) in [6.07, 6.45) is 26.0. The van der Waals surface area contributed by atoms with Crippen LogP contribution in [0.2, 0.25) is 0 Å². The Labute approximate surface area is 329 Å². The van der Waals surface area contributed by atoms with Gasteiger partial charge >= 0.3 is 0 Å². The molecule has 0 N–H and O–H groups in total. The second kappa shape index (κ2) is 35.6. The summed E-state index contributed by atoms with van der Waals surface area (Å²) in [5.41, 5.74) is -0.0736. The number of unbranched alkanes of at least 4 members (excludes halogenated alkanes) is 16. The standard InChI is InChI=1S/C39H84N2O4.2HI/c1-9-11-13-15-16-17-18-19-22-27-33-43-36-39(37-44-34-29-40(3,4)5,38-45-35-30-41(6,7)8)28-24-21-20-23-26-32-42-31-25-14-12-10-2;;/h9-38H2,1-8H3;2*1H/q+2;;/p-2. The summed E-state index contributed by atoms with van der Waals surface area (Å²) < 4.78 is 26.9. The first-order chi connectivity index (χ1) is 21.5. The van der Waals surface area contributed by atoms with Crippen molar-refractivity contribution in [2.24, 2.45) is 5.41 Å². The molecule has 0 rings (SSSR count). The van der Waals surface area contributed by atoms with E-state index in [0.29, 0.717) is 0 Å². The van der Waals surface area contributed by atoms with Crippen molar-refractivity contribution in [1.82, 2.24) is 0 Å². The lowest BCUT2D eigenvalue weighted by molar-refractivity contribution is -0.870. The summed E-state index contributed by atoms with van der Waals surface area (Å²) in [7, 11) is 13.4. The predicted molar refractivity (Wildman–Crippen MR) is 195 cm³/mol. The third kappa shape index (κ3) is 39.9. The first-order valence-electron chi connectivity index (χ1n) is 19.5. The molecule has 0 aromatic rings. The lowest BCUT2D eigenvalue weighted by atomic mass is 9.84. The van der Waals surface area contributed by atoms with Crippen LogP contribution in [0.5, 0.6) is 0 Å². The Morgan fingerprint density at radius 2 is 0.660 bits per heavy atom. The molecule has 0 aromatic carbocycles. The lowest BCUT2D eigenvalue weighted by Gasteiger charge is -2.34. The highest BCUT2D eigenvalue weighted by Crippen LogP contribution is 2.28. The maximum Gasteiger partial charge on any atom is 0.102 e. The number of rotatable bonds is 36. The first kappa shape index (κ1) is 52.6. The van der Waals surface area contributed by atoms with E-state index in [9.17, 15) is 0 Å². The summed E-state index contributed by atoms with van der Waals surface area (Å²) in [5.74, 6) is 0. The molecule has 0 saturated carbocycles. The van der Waals surface area contributed by atoms with Crippen molar-refractivity contribution in [3.8, 4) is 0 Å². The predicted octanol–water partition coefficient (Wildman–Crippen LogP) is 3.30. The average molecular weight is 899 g/mol. The molecule has 0 saturated heterocycles. The molecule has 0 bridgehead atoms. The maximum atomic E-state index is 6.44. The molecule has 0 aliphatic rings. The van der Waals surface area contributed by atoms with Gasteiger partial charge in [-0.1, -0.05) is 117 Å². The van der Waals surface area contributed by atoms with Crippen LogP contribution in [-0.4, -0.2) is 117 Å². The molecule has 0 aromatic heterocycles. The van der Waals surface area contributed by atoms with E-state index in [1.807, 2.05) is 0 Å². The Morgan fingerprint density at radius 3 is 1.04 bits per heavy atom. The smallest absolute Gasteiger partial charge is 0.102 e. The van der Waals surface area contributed by atoms with Crippen molar-refractivity contribution in [3.05, 3.63) is 0 Å². The summed E-state index contributed by atoms with van der Waals surface area (Å²) in [6, 6.07) is 0. The molecule has 0 unspecified atom stereocenters. The lowest BCUT2D eigenvalue weighted by Crippen LogP contribution is -3.00. The van der Waals surface area contributed by atoms with E-state index in [1.54, 1.807) is 0 Å². The number of nitrogens with zero attached hydrogens (tertiary/aromatic N) is 2. The first-order valence-corrected chi connectivity index (χ1v) is 19.5. The van der Waals surface area contributed by atoms with Crippen LogP contribution in [0.3, 0.4) is 0 Å². The van der Waals surface area contributed by atoms with Crippen molar-refractivity contribution < 1.29 is 75.9 Å². The Hall–Kier alpha value is 1.22. The molecule has 288 valence electrons. The van der Waals surface area contributed by atoms with Gasteiger partial charge in [0.05, 0.1) is 75.3 Å². The highest BCUT2D eigenvalue weighted by atomic mass is 127. The van der Waals surface area contributed by atoms with Gasteiger partial charge in [-0.15, -0.1) is 0 Å². The van der Waals surface area contributed by atoms with Crippen molar-refractivity contribution in [1.29, 1.82) is 0 Å². The van der Waals surface area contributed by atoms with E-state index in [-0.39, 0.29) is 53.4 Å². The van der Waals surface area contributed by atoms with E-state index in [2.05, 4.69) is 56.1 Å². The van der Waals surface area contributed by atoms with Crippen molar-refractivity contribution >= 4 is 0 Å². The minimum Gasteiger partial charge on any atom is -1.00 e. The molecule has 0 amide bonds. The molecule has 47 heavy (non-hydrogen) atoms. The van der Waals surface area contributed by atoms with E-state index in [0.717, 1.165) is 87.8 Å². The van der Waals surface area contributed by atoms with Gasteiger partial charge in [0.25, 0.3) is 0 Å². The third-order valence-electron chi connectivity index (χ3n) is 8.82. The fourth-order valence-corrected chi connectivity index (χ4v) is 5.54. The Morgan fingerprint density at radius 1 is 0.362 bits per heavy atom. The zero-order valence-corrected chi connectivity index (χ0v) is 37.3. The van der Waals surface area contributed by atoms with Gasteiger partial charge in [0, 0.05) is 25.2 Å². The molecule has 8 heteroatoms. The van der Waals surface area contributed by atoms with Crippen LogP contribution in [0.25, 0.3) is 0 Å². The zero-order chi connectivity index (χ0) is 33.5. The normalized spacial score (nSPS) is 12.3. The second-order valence-corrected chi connectivity index (χ2v) is 16.1. The number of halogens is 2. The van der Waals surface area contributed by atoms with E-state index < -0.39 is 0 Å². The van der Waals surface area contributed by atoms with Gasteiger partial charge in [-0.2, -0.15) is 0 Å². The summed E-state index contributed by atoms with van der Waals surface area (Å²) in [4.78, 5) is 0. The van der Waals surface area contributed by atoms with Crippen LogP contribution < -0.4 is 48.0 Å². The molecule has 0 aliphatic heterocycles. The van der Waals surface area contributed by atoms with Crippen LogP contribution in [0, 0.1) is 5.41 Å². The van der Waals surface area contributed by atoms with Gasteiger partial charge in [-0.25, -0.2) is 0 Å². The van der Waals surface area contributed by atoms with Crippen molar-refractivity contribution in [2.45, 2.75) is 142 Å². The molecular weight excluding hydrogens is 814 g/mol. The van der Waals surface area contributed by atoms with Gasteiger partial charge in [0.15, 0.2) is 0 Å². The number of quaternary nitrogens is 2. The molecule has 6 nitrogen and oxygen atoms in total. The monoisotopic (exact) mass is 898 g/mol. The fourth-order valence-electron chi connectivity index (χ4n) is 5.54. The fraction of sp³-hybridized carbons (Fsp3) is 1.00. The number of hydrogen-bond donors (Lipinski definition) is 0. The molecular formula is C39H84I2N2O4. The summed E-state index contributed by atoms with van der Waals surface area (Å²) >= 11 is 0. The number of likely N-dealkylation sites (N-methyl/N-ethyl adjacent to an activating group) is 2. The molecule has 0 fully saturated rings. The van der Waals surface area contributed by atoms with E-state index in [4.69, 9.17) is 18.9 Å². The Kier molecular flexibility index (Phi) is 39.8. The molecule has 0 heterocycles. The highest BCUT2D eigenvalue weighted by molar-refractivity contribution is 4.80. The topological polar surface area (TPSA) is 36.9 Å². The molecule has 0 radical (unpaired) electrons. The van der Waals surface area contributed by atoms with Gasteiger partial charge in [-0.3, -0.25) is 0 Å². The van der Waals surface area contributed by atoms with Gasteiger partial charge in [0.1, 0.15) is 13.1 Å². The van der Waals surface area contributed by atoms with Crippen LogP contribution >= 0.6 is 0 Å². The number of hydrogen-bond acceptors (Lipinski definition) is 4. The summed E-state index contributed by atoms with van der Waals surface area (Å²) in [5, 5.41) is 0. The molecule has 0 atom stereocenters. The van der Waals surface area contributed by atoms with E-state index >= 15 is 0 Å². The SMILES string of the molecule is CCCCCCCCCCCCOCC(CCCCCCCOCCCCCC)(COCC[N+](C)(C)C)COCC[N+](C)(C)C.[I-].[I-]. The van der Waals surface area contributed by atoms with Crippen molar-refractivity contribution in [3.63, 3.8) is 0 Å². The zero-order valence-electron chi connectivity index (χ0n) is 33.0. The highest BCUT2D eigenvalue weighted by Gasteiger charge is 2.32. The van der Waals surface area contributed by atoms with Crippen LogP contribution in [0.1, 0.15) is 142 Å². The minimum atomic E-state index is -0.0736.